The molecule has 1 saturated heterocycles. The molecule has 0 saturated carbocycles. The Bertz CT molecular complexity index is 400. The van der Waals surface area contributed by atoms with Crippen LogP contribution in [0, 0.1) is 12.3 Å². The predicted octanol–water partition coefficient (Wildman–Crippen LogP) is 0.466. The van der Waals surface area contributed by atoms with Crippen molar-refractivity contribution in [2.75, 3.05) is 13.2 Å². The van der Waals surface area contributed by atoms with Gasteiger partial charge in [-0.3, -0.25) is 0 Å². The van der Waals surface area contributed by atoms with Gasteiger partial charge in [-0.15, -0.1) is 6.42 Å². The number of rotatable bonds is 5. The van der Waals surface area contributed by atoms with Gasteiger partial charge in [0.25, 0.3) is 0 Å². The minimum atomic E-state index is -2.01. The van der Waals surface area contributed by atoms with Crippen molar-refractivity contribution in [2.45, 2.75) is 69.6 Å². The molecule has 22 heavy (non-hydrogen) atoms. The van der Waals surface area contributed by atoms with E-state index in [-0.39, 0.29) is 18.3 Å². The summed E-state index contributed by atoms with van der Waals surface area (Å²) in [4.78, 5) is 0. The summed E-state index contributed by atoms with van der Waals surface area (Å²) in [7, 11) is -2.01. The van der Waals surface area contributed by atoms with Crippen LogP contribution in [-0.4, -0.2) is 67.6 Å². The molecule has 1 fully saturated rings. The highest BCUT2D eigenvalue weighted by Gasteiger charge is 2.46. The molecule has 0 amide bonds. The van der Waals surface area contributed by atoms with E-state index in [0.717, 1.165) is 0 Å². The molecule has 0 spiro atoms. The molecule has 1 aliphatic rings. The summed E-state index contributed by atoms with van der Waals surface area (Å²) in [6.45, 7) is 10.5. The Kier molecular flexibility index (Phi) is 6.59. The highest BCUT2D eigenvalue weighted by molar-refractivity contribution is 6.74. The topological polar surface area (TPSA) is 88.4 Å². The highest BCUT2D eigenvalue weighted by Crippen LogP contribution is 2.37. The van der Waals surface area contributed by atoms with Gasteiger partial charge in [0.1, 0.15) is 31.0 Å². The molecular formula is C15H28O6Si. The maximum Gasteiger partial charge on any atom is 0.192 e. The van der Waals surface area contributed by atoms with E-state index in [1.54, 1.807) is 0 Å². The van der Waals surface area contributed by atoms with Crippen molar-refractivity contribution in [3.63, 3.8) is 0 Å². The van der Waals surface area contributed by atoms with Gasteiger partial charge in [-0.25, -0.2) is 0 Å². The average molecular weight is 332 g/mol. The molecule has 0 aliphatic carbocycles. The van der Waals surface area contributed by atoms with E-state index in [9.17, 15) is 15.3 Å². The fraction of sp³-hybridized carbons (Fsp3) is 0.867. The van der Waals surface area contributed by atoms with Crippen molar-refractivity contribution >= 4 is 8.32 Å². The zero-order chi connectivity index (χ0) is 17.1. The minimum Gasteiger partial charge on any atom is -0.414 e. The molecule has 1 aliphatic heterocycles. The van der Waals surface area contributed by atoms with Gasteiger partial charge in [0, 0.05) is 0 Å². The fourth-order valence-electron chi connectivity index (χ4n) is 1.89. The maximum atomic E-state index is 10.1. The van der Waals surface area contributed by atoms with Crippen LogP contribution in [0.3, 0.4) is 0 Å². The van der Waals surface area contributed by atoms with Crippen LogP contribution in [0.15, 0.2) is 0 Å². The largest absolute Gasteiger partial charge is 0.414 e. The van der Waals surface area contributed by atoms with Crippen LogP contribution in [0.1, 0.15) is 20.8 Å². The first-order chi connectivity index (χ1) is 10.0. The highest BCUT2D eigenvalue weighted by atomic mass is 28.4. The second-order valence-corrected chi connectivity index (χ2v) is 11.9. The van der Waals surface area contributed by atoms with Crippen molar-refractivity contribution in [1.82, 2.24) is 0 Å². The lowest BCUT2D eigenvalue weighted by Gasteiger charge is -2.42. The van der Waals surface area contributed by atoms with Gasteiger partial charge < -0.3 is 29.2 Å². The van der Waals surface area contributed by atoms with Gasteiger partial charge >= 0.3 is 0 Å². The molecule has 1 rings (SSSR count). The van der Waals surface area contributed by atoms with E-state index < -0.39 is 39.0 Å². The Hall–Kier alpha value is -0.463. The van der Waals surface area contributed by atoms with E-state index in [0.29, 0.717) is 0 Å². The first-order valence-corrected chi connectivity index (χ1v) is 10.3. The molecular weight excluding hydrogens is 304 g/mol. The third kappa shape index (κ3) is 4.52. The van der Waals surface area contributed by atoms with Crippen molar-refractivity contribution in [1.29, 1.82) is 0 Å². The number of terminal acetylenes is 1. The Morgan fingerprint density at radius 2 is 1.77 bits per heavy atom. The molecule has 0 bridgehead atoms. The lowest BCUT2D eigenvalue weighted by atomic mass is 9.99. The van der Waals surface area contributed by atoms with Gasteiger partial charge in [-0.1, -0.05) is 26.7 Å². The second kappa shape index (κ2) is 7.40. The Morgan fingerprint density at radius 3 is 2.27 bits per heavy atom. The molecule has 0 aromatic carbocycles. The van der Waals surface area contributed by atoms with E-state index >= 15 is 0 Å². The summed E-state index contributed by atoms with van der Waals surface area (Å²) in [5, 5.41) is 30.1. The monoisotopic (exact) mass is 332 g/mol. The van der Waals surface area contributed by atoms with Crippen LogP contribution < -0.4 is 0 Å². The van der Waals surface area contributed by atoms with Crippen LogP contribution in [0.2, 0.25) is 18.1 Å². The summed E-state index contributed by atoms with van der Waals surface area (Å²) in [5.74, 6) is 2.24. The van der Waals surface area contributed by atoms with Gasteiger partial charge in [0.05, 0.1) is 6.61 Å². The summed E-state index contributed by atoms with van der Waals surface area (Å²) < 4.78 is 16.4. The van der Waals surface area contributed by atoms with E-state index in [1.165, 1.54) is 0 Å². The number of aliphatic hydroxyl groups is 3. The summed E-state index contributed by atoms with van der Waals surface area (Å²) >= 11 is 0. The number of ether oxygens (including phenoxy) is 2. The smallest absolute Gasteiger partial charge is 0.192 e. The first kappa shape index (κ1) is 19.6. The molecule has 0 aromatic heterocycles. The second-order valence-electron chi connectivity index (χ2n) is 7.10. The van der Waals surface area contributed by atoms with Crippen molar-refractivity contribution in [3.05, 3.63) is 0 Å². The molecule has 5 atom stereocenters. The Labute approximate surface area is 133 Å². The molecule has 1 heterocycles. The Balaban J connectivity index is 2.66. The van der Waals surface area contributed by atoms with E-state index in [2.05, 4.69) is 39.8 Å². The zero-order valence-electron chi connectivity index (χ0n) is 13.9. The standard InChI is InChI=1S/C15H28O6Si/c1-7-8-19-13-12(17)11(16)10(21-14(13)18)9-20-22(5,6)15(2,3)4/h1,10-14,16-18H,8-9H2,2-6H3/t10-,11-,12+,13-,14+/m1/s1. The van der Waals surface area contributed by atoms with Crippen LogP contribution in [0.5, 0.6) is 0 Å². The van der Waals surface area contributed by atoms with Gasteiger partial charge in [0.2, 0.25) is 0 Å². The number of hydrogen-bond donors (Lipinski definition) is 3. The quantitative estimate of drug-likeness (QED) is 0.501. The predicted molar refractivity (Wildman–Crippen MR) is 84.6 cm³/mol. The van der Waals surface area contributed by atoms with Gasteiger partial charge in [0.15, 0.2) is 14.6 Å². The third-order valence-corrected chi connectivity index (χ3v) is 8.94. The van der Waals surface area contributed by atoms with E-state index in [1.807, 2.05) is 0 Å². The zero-order valence-corrected chi connectivity index (χ0v) is 14.9. The Morgan fingerprint density at radius 1 is 1.18 bits per heavy atom. The van der Waals surface area contributed by atoms with Crippen molar-refractivity contribution < 1.29 is 29.2 Å². The van der Waals surface area contributed by atoms with E-state index in [4.69, 9.17) is 20.3 Å². The lowest BCUT2D eigenvalue weighted by Crippen LogP contribution is -2.60. The fourth-order valence-corrected chi connectivity index (χ4v) is 2.90. The summed E-state index contributed by atoms with van der Waals surface area (Å²) in [5.41, 5.74) is 0. The molecule has 0 aromatic rings. The molecule has 0 unspecified atom stereocenters. The van der Waals surface area contributed by atoms with Crippen LogP contribution >= 0.6 is 0 Å². The van der Waals surface area contributed by atoms with Gasteiger partial charge in [-0.05, 0) is 18.1 Å². The molecule has 3 N–H and O–H groups in total. The molecule has 0 radical (unpaired) electrons. The van der Waals surface area contributed by atoms with Crippen LogP contribution in [-0.2, 0) is 13.9 Å². The average Bonchev–Trinajstić information content (AvgIpc) is 2.40. The normalized spacial score (nSPS) is 33.5. The van der Waals surface area contributed by atoms with Gasteiger partial charge in [-0.2, -0.15) is 0 Å². The van der Waals surface area contributed by atoms with Crippen LogP contribution in [0.25, 0.3) is 0 Å². The first-order valence-electron chi connectivity index (χ1n) is 7.40. The molecule has 6 nitrogen and oxygen atoms in total. The third-order valence-electron chi connectivity index (χ3n) is 4.44. The number of hydrogen-bond acceptors (Lipinski definition) is 6. The maximum absolute atomic E-state index is 10.1. The summed E-state index contributed by atoms with van der Waals surface area (Å²) in [6, 6.07) is 0. The van der Waals surface area contributed by atoms with Crippen molar-refractivity contribution in [2.24, 2.45) is 0 Å². The SMILES string of the molecule is C#CCO[C@@H]1[C@@H](O)[C@H](O)[C@@H](CO[Si](C)(C)C(C)(C)C)O[C@@H]1O. The van der Waals surface area contributed by atoms with Crippen LogP contribution in [0.4, 0.5) is 0 Å². The number of aliphatic hydroxyl groups excluding tert-OH is 3. The summed E-state index contributed by atoms with van der Waals surface area (Å²) in [6.07, 6.45) is -0.671. The molecule has 7 heteroatoms. The lowest BCUT2D eigenvalue weighted by molar-refractivity contribution is -0.293. The van der Waals surface area contributed by atoms with Crippen molar-refractivity contribution in [3.8, 4) is 12.3 Å². The minimum absolute atomic E-state index is 0.0162. The molecule has 128 valence electrons.